The number of hydrogen-bond acceptors (Lipinski definition) is 4. The second-order valence-corrected chi connectivity index (χ2v) is 6.65. The van der Waals surface area contributed by atoms with Crippen LogP contribution in [0.25, 0.3) is 0 Å². The van der Waals surface area contributed by atoms with E-state index >= 15 is 0 Å². The smallest absolute Gasteiger partial charge is 0.264 e. The first-order valence-corrected chi connectivity index (χ1v) is 7.45. The molecule has 0 aliphatic carbocycles. The van der Waals surface area contributed by atoms with Crippen molar-refractivity contribution >= 4 is 5.91 Å². The van der Waals surface area contributed by atoms with Crippen LogP contribution in [0.3, 0.4) is 0 Å². The summed E-state index contributed by atoms with van der Waals surface area (Å²) in [5, 5.41) is 9.27. The molecule has 2 N–H and O–H groups in total. The summed E-state index contributed by atoms with van der Waals surface area (Å²) >= 11 is 0. The summed E-state index contributed by atoms with van der Waals surface area (Å²) in [6, 6.07) is 1.85. The second-order valence-electron chi connectivity index (χ2n) is 6.65. The number of rotatable bonds is 3. The van der Waals surface area contributed by atoms with Crippen LogP contribution in [0.15, 0.2) is 11.6 Å². The molecule has 2 aliphatic rings. The fourth-order valence-electron chi connectivity index (χ4n) is 2.96. The molecule has 0 aromatic heterocycles. The maximum Gasteiger partial charge on any atom is 0.264 e. The molecule has 1 unspecified atom stereocenters. The van der Waals surface area contributed by atoms with Crippen molar-refractivity contribution in [2.45, 2.75) is 44.2 Å². The monoisotopic (exact) mass is 312 g/mol. The predicted octanol–water partition coefficient (Wildman–Crippen LogP) is 1.12. The van der Waals surface area contributed by atoms with Crippen molar-refractivity contribution in [2.24, 2.45) is 5.73 Å². The summed E-state index contributed by atoms with van der Waals surface area (Å²) in [7, 11) is 0. The zero-order valence-corrected chi connectivity index (χ0v) is 13.0. The van der Waals surface area contributed by atoms with E-state index in [1.54, 1.807) is 23.6 Å². The summed E-state index contributed by atoms with van der Waals surface area (Å²) in [5.74, 6) is -3.07. The zero-order chi connectivity index (χ0) is 16.5. The normalized spacial score (nSPS) is 26.3. The first kappa shape index (κ1) is 16.8. The fraction of sp³-hybridized carbons (Fsp3) is 0.733. The van der Waals surface area contributed by atoms with E-state index in [-0.39, 0.29) is 37.0 Å². The molecule has 2 fully saturated rings. The lowest BCUT2D eigenvalue weighted by molar-refractivity contribution is -0.125. The van der Waals surface area contributed by atoms with Crippen LogP contribution in [0.5, 0.6) is 0 Å². The second kappa shape index (κ2) is 5.94. The minimum Gasteiger partial charge on any atom is -0.336 e. The Kier molecular flexibility index (Phi) is 4.54. The largest absolute Gasteiger partial charge is 0.336 e. The highest BCUT2D eigenvalue weighted by Gasteiger charge is 2.43. The average molecular weight is 312 g/mol. The Labute approximate surface area is 129 Å². The molecule has 22 heavy (non-hydrogen) atoms. The van der Waals surface area contributed by atoms with Crippen molar-refractivity contribution in [2.75, 3.05) is 26.2 Å². The molecule has 7 heteroatoms. The number of alkyl halides is 2. The fourth-order valence-corrected chi connectivity index (χ4v) is 2.96. The lowest BCUT2D eigenvalue weighted by Gasteiger charge is -2.33. The molecule has 0 bridgehead atoms. The molecule has 5 nitrogen and oxygen atoms in total. The van der Waals surface area contributed by atoms with Gasteiger partial charge in [0.25, 0.3) is 11.8 Å². The van der Waals surface area contributed by atoms with E-state index < -0.39 is 11.5 Å². The van der Waals surface area contributed by atoms with Gasteiger partial charge in [0.15, 0.2) is 0 Å². The molecule has 0 aromatic carbocycles. The average Bonchev–Trinajstić information content (AvgIpc) is 3.01. The van der Waals surface area contributed by atoms with Gasteiger partial charge < -0.3 is 10.6 Å². The van der Waals surface area contributed by atoms with Gasteiger partial charge in [-0.05, 0) is 26.3 Å². The minimum absolute atomic E-state index is 0.00526. The minimum atomic E-state index is -2.70. The molecule has 1 amide bonds. The maximum atomic E-state index is 13.4. The number of nitriles is 1. The summed E-state index contributed by atoms with van der Waals surface area (Å²) in [6.45, 7) is 4.35. The van der Waals surface area contributed by atoms with E-state index in [9.17, 15) is 18.8 Å². The number of nitrogens with two attached hydrogens (primary N) is 1. The Balaban J connectivity index is 2.14. The van der Waals surface area contributed by atoms with Crippen LogP contribution in [-0.4, -0.2) is 59.4 Å². The highest BCUT2D eigenvalue weighted by Crippen LogP contribution is 2.33. The lowest BCUT2D eigenvalue weighted by Crippen LogP contribution is -2.43. The van der Waals surface area contributed by atoms with E-state index in [2.05, 4.69) is 0 Å². The molecule has 0 aromatic rings. The van der Waals surface area contributed by atoms with E-state index in [4.69, 9.17) is 5.73 Å². The van der Waals surface area contributed by atoms with Gasteiger partial charge >= 0.3 is 0 Å². The first-order valence-electron chi connectivity index (χ1n) is 7.45. The number of amides is 1. The molecule has 1 atom stereocenters. The van der Waals surface area contributed by atoms with Crippen LogP contribution in [0.1, 0.15) is 26.7 Å². The summed E-state index contributed by atoms with van der Waals surface area (Å²) in [5.41, 5.74) is 4.99. The number of nitrogens with zero attached hydrogens (tertiary/aromatic N) is 3. The van der Waals surface area contributed by atoms with Gasteiger partial charge in [-0.25, -0.2) is 8.78 Å². The molecule has 2 heterocycles. The Morgan fingerprint density at radius 1 is 1.45 bits per heavy atom. The SMILES string of the molecule is CC(C)(C=C(C#N)C(=O)N1CCC(N)C1)N1CCC(F)(F)C1. The van der Waals surface area contributed by atoms with Crippen molar-refractivity contribution in [3.8, 4) is 6.07 Å². The summed E-state index contributed by atoms with van der Waals surface area (Å²) < 4.78 is 26.8. The molecule has 2 aliphatic heterocycles. The van der Waals surface area contributed by atoms with Crippen molar-refractivity contribution < 1.29 is 13.6 Å². The highest BCUT2D eigenvalue weighted by atomic mass is 19.3. The lowest BCUT2D eigenvalue weighted by atomic mass is 9.99. The molecule has 2 saturated heterocycles. The number of likely N-dealkylation sites (tertiary alicyclic amines) is 2. The van der Waals surface area contributed by atoms with Crippen LogP contribution in [-0.2, 0) is 4.79 Å². The summed E-state index contributed by atoms with van der Waals surface area (Å²) in [6.07, 6.45) is 2.02. The van der Waals surface area contributed by atoms with Crippen molar-refractivity contribution in [1.82, 2.24) is 9.80 Å². The van der Waals surface area contributed by atoms with Gasteiger partial charge in [-0.3, -0.25) is 9.69 Å². The van der Waals surface area contributed by atoms with Gasteiger partial charge in [-0.15, -0.1) is 0 Å². The molecular weight excluding hydrogens is 290 g/mol. The molecular formula is C15H22F2N4O. The van der Waals surface area contributed by atoms with E-state index in [1.807, 2.05) is 6.07 Å². The van der Waals surface area contributed by atoms with Crippen LogP contribution in [0, 0.1) is 11.3 Å². The van der Waals surface area contributed by atoms with Gasteiger partial charge in [0.05, 0.1) is 6.54 Å². The Morgan fingerprint density at radius 3 is 2.59 bits per heavy atom. The van der Waals surface area contributed by atoms with Gasteiger partial charge in [-0.1, -0.05) is 0 Å². The number of carbonyl (C=O) groups excluding carboxylic acids is 1. The van der Waals surface area contributed by atoms with Crippen molar-refractivity contribution in [3.05, 3.63) is 11.6 Å². The van der Waals surface area contributed by atoms with E-state index in [0.29, 0.717) is 19.5 Å². The van der Waals surface area contributed by atoms with Crippen molar-refractivity contribution in [1.29, 1.82) is 5.26 Å². The molecule has 0 saturated carbocycles. The maximum absolute atomic E-state index is 13.4. The van der Waals surface area contributed by atoms with Gasteiger partial charge in [0, 0.05) is 37.6 Å². The van der Waals surface area contributed by atoms with Gasteiger partial charge in [0.2, 0.25) is 0 Å². The summed E-state index contributed by atoms with van der Waals surface area (Å²) in [4.78, 5) is 15.5. The van der Waals surface area contributed by atoms with Crippen LogP contribution in [0.4, 0.5) is 8.78 Å². The predicted molar refractivity (Wildman–Crippen MR) is 78.1 cm³/mol. The van der Waals surface area contributed by atoms with E-state index in [0.717, 1.165) is 0 Å². The van der Waals surface area contributed by atoms with Gasteiger partial charge in [-0.2, -0.15) is 5.26 Å². The van der Waals surface area contributed by atoms with Crippen LogP contribution in [0.2, 0.25) is 0 Å². The van der Waals surface area contributed by atoms with Crippen molar-refractivity contribution in [3.63, 3.8) is 0 Å². The van der Waals surface area contributed by atoms with E-state index in [1.165, 1.54) is 6.08 Å². The van der Waals surface area contributed by atoms with Gasteiger partial charge in [0.1, 0.15) is 11.6 Å². The third-order valence-electron chi connectivity index (χ3n) is 4.35. The number of hydrogen-bond donors (Lipinski definition) is 1. The Hall–Kier alpha value is -1.52. The standard InChI is InChI=1S/C15H22F2N4O/c1-14(2,21-6-4-15(16,17)10-21)7-11(8-18)13(22)20-5-3-12(19)9-20/h7,12H,3-6,9-10,19H2,1-2H3. The Bertz CT molecular complexity index is 524. The third kappa shape index (κ3) is 3.62. The molecule has 122 valence electrons. The Morgan fingerprint density at radius 2 is 2.14 bits per heavy atom. The first-order chi connectivity index (χ1) is 10.1. The molecule has 2 rings (SSSR count). The zero-order valence-electron chi connectivity index (χ0n) is 13.0. The molecule has 0 radical (unpaired) electrons. The number of halogens is 2. The quantitative estimate of drug-likeness (QED) is 0.626. The molecule has 0 spiro atoms. The van der Waals surface area contributed by atoms with Crippen LogP contribution < -0.4 is 5.73 Å². The highest BCUT2D eigenvalue weighted by molar-refractivity contribution is 5.97. The number of carbonyl (C=O) groups is 1. The topological polar surface area (TPSA) is 73.4 Å². The third-order valence-corrected chi connectivity index (χ3v) is 4.35. The van der Waals surface area contributed by atoms with Crippen LogP contribution >= 0.6 is 0 Å².